The maximum absolute atomic E-state index is 12.1. The molecule has 4 heteroatoms. The zero-order chi connectivity index (χ0) is 13.6. The molecule has 4 fully saturated rings. The Morgan fingerprint density at radius 2 is 1.63 bits per heavy atom. The number of carbonyl (C=O) groups excluding carboxylic acids is 1. The van der Waals surface area contributed by atoms with E-state index >= 15 is 0 Å². The number of urea groups is 1. The van der Waals surface area contributed by atoms with E-state index in [2.05, 4.69) is 10.6 Å². The third-order valence-electron chi connectivity index (χ3n) is 5.49. The Hall–Kier alpha value is -0.770. The van der Waals surface area contributed by atoms with Crippen LogP contribution in [0.25, 0.3) is 0 Å². The van der Waals surface area contributed by atoms with Gasteiger partial charge in [-0.2, -0.15) is 0 Å². The van der Waals surface area contributed by atoms with E-state index in [1.807, 2.05) is 13.8 Å². The smallest absolute Gasteiger partial charge is 0.315 e. The first-order chi connectivity index (χ1) is 8.97. The molecule has 0 radical (unpaired) electrons. The number of nitrogens with two attached hydrogens (primary N) is 1. The lowest BCUT2D eigenvalue weighted by Crippen LogP contribution is -2.60. The van der Waals surface area contributed by atoms with Crippen LogP contribution in [-0.4, -0.2) is 24.2 Å². The normalized spacial score (nSPS) is 40.3. The van der Waals surface area contributed by atoms with Crippen molar-refractivity contribution in [1.82, 2.24) is 10.6 Å². The van der Waals surface area contributed by atoms with Crippen LogP contribution in [0.4, 0.5) is 4.79 Å². The van der Waals surface area contributed by atoms with Crippen molar-refractivity contribution in [3.63, 3.8) is 0 Å². The molecule has 0 saturated heterocycles. The molecule has 4 rings (SSSR count). The Morgan fingerprint density at radius 3 is 2.11 bits per heavy atom. The van der Waals surface area contributed by atoms with Crippen LogP contribution in [0.1, 0.15) is 46.0 Å². The molecule has 108 valence electrons. The molecule has 4 nitrogen and oxygen atoms in total. The first kappa shape index (κ1) is 13.2. The van der Waals surface area contributed by atoms with E-state index < -0.39 is 0 Å². The summed E-state index contributed by atoms with van der Waals surface area (Å²) >= 11 is 0. The Balaban J connectivity index is 1.60. The van der Waals surface area contributed by atoms with Crippen LogP contribution in [0, 0.1) is 23.7 Å². The van der Waals surface area contributed by atoms with E-state index in [4.69, 9.17) is 5.73 Å². The summed E-state index contributed by atoms with van der Waals surface area (Å²) < 4.78 is 0. The third kappa shape index (κ3) is 2.60. The standard InChI is InChI=1S/C15H27N3O/c1-15(2,8-16)18-14(19)17-13-11-4-9-3-10(6-11)7-12(13)5-9/h9-13H,3-8,16H2,1-2H3,(H2,17,18,19). The van der Waals surface area contributed by atoms with Crippen LogP contribution in [0.15, 0.2) is 0 Å². The lowest BCUT2D eigenvalue weighted by atomic mass is 9.54. The van der Waals surface area contributed by atoms with Crippen molar-refractivity contribution >= 4 is 6.03 Å². The van der Waals surface area contributed by atoms with Gasteiger partial charge in [-0.05, 0) is 69.6 Å². The zero-order valence-corrected chi connectivity index (χ0v) is 12.1. The summed E-state index contributed by atoms with van der Waals surface area (Å²) in [5.41, 5.74) is 5.34. The molecule has 0 spiro atoms. The Morgan fingerprint density at radius 1 is 1.11 bits per heavy atom. The molecule has 0 heterocycles. The molecular weight excluding hydrogens is 238 g/mol. The van der Waals surface area contributed by atoms with E-state index in [0.717, 1.165) is 23.7 Å². The molecule has 4 aliphatic carbocycles. The second kappa shape index (κ2) is 4.65. The highest BCUT2D eigenvalue weighted by Crippen LogP contribution is 2.53. The Bertz CT molecular complexity index is 338. The topological polar surface area (TPSA) is 67.1 Å². The molecule has 0 atom stereocenters. The molecule has 0 aliphatic heterocycles. The minimum absolute atomic E-state index is 0.0343. The zero-order valence-electron chi connectivity index (χ0n) is 12.1. The van der Waals surface area contributed by atoms with Crippen LogP contribution >= 0.6 is 0 Å². The fourth-order valence-corrected chi connectivity index (χ4v) is 4.71. The molecule has 4 N–H and O–H groups in total. The molecule has 19 heavy (non-hydrogen) atoms. The summed E-state index contributed by atoms with van der Waals surface area (Å²) in [6, 6.07) is 0.370. The van der Waals surface area contributed by atoms with Crippen molar-refractivity contribution in [2.75, 3.05) is 6.54 Å². The number of amides is 2. The van der Waals surface area contributed by atoms with Crippen LogP contribution in [0.2, 0.25) is 0 Å². The highest BCUT2D eigenvalue weighted by Gasteiger charge is 2.48. The molecule has 4 aliphatic rings. The van der Waals surface area contributed by atoms with Gasteiger partial charge in [0.15, 0.2) is 0 Å². The van der Waals surface area contributed by atoms with Gasteiger partial charge in [0, 0.05) is 18.1 Å². The van der Waals surface area contributed by atoms with Crippen molar-refractivity contribution in [2.45, 2.75) is 57.5 Å². The van der Waals surface area contributed by atoms with Crippen LogP contribution in [0.5, 0.6) is 0 Å². The SMILES string of the molecule is CC(C)(CN)NC(=O)NC1C2CC3CC(C2)CC1C3. The minimum atomic E-state index is -0.323. The molecule has 0 unspecified atom stereocenters. The van der Waals surface area contributed by atoms with E-state index in [1.54, 1.807) is 0 Å². The average Bonchev–Trinajstić information content (AvgIpc) is 2.32. The average molecular weight is 265 g/mol. The van der Waals surface area contributed by atoms with E-state index in [1.165, 1.54) is 32.1 Å². The van der Waals surface area contributed by atoms with Gasteiger partial charge in [-0.3, -0.25) is 0 Å². The summed E-state index contributed by atoms with van der Waals surface area (Å²) in [7, 11) is 0. The Labute approximate surface area is 115 Å². The Kier molecular flexibility index (Phi) is 3.24. The summed E-state index contributed by atoms with van der Waals surface area (Å²) in [5.74, 6) is 3.35. The lowest BCUT2D eigenvalue weighted by molar-refractivity contribution is -0.00965. The van der Waals surface area contributed by atoms with Gasteiger partial charge in [0.05, 0.1) is 0 Å². The molecule has 2 amide bonds. The van der Waals surface area contributed by atoms with Crippen LogP contribution in [0.3, 0.4) is 0 Å². The van der Waals surface area contributed by atoms with Crippen LogP contribution in [-0.2, 0) is 0 Å². The number of hydrogen-bond acceptors (Lipinski definition) is 2. The molecule has 0 aromatic heterocycles. The second-order valence-corrected chi connectivity index (χ2v) is 7.64. The minimum Gasteiger partial charge on any atom is -0.335 e. The summed E-state index contributed by atoms with van der Waals surface area (Å²) in [4.78, 5) is 12.1. The van der Waals surface area contributed by atoms with E-state index in [9.17, 15) is 4.79 Å². The van der Waals surface area contributed by atoms with Gasteiger partial charge in [-0.1, -0.05) is 0 Å². The van der Waals surface area contributed by atoms with Gasteiger partial charge in [0.1, 0.15) is 0 Å². The molecule has 0 aromatic carbocycles. The van der Waals surface area contributed by atoms with Crippen molar-refractivity contribution in [3.05, 3.63) is 0 Å². The quantitative estimate of drug-likeness (QED) is 0.729. The van der Waals surface area contributed by atoms with Gasteiger partial charge >= 0.3 is 6.03 Å². The molecule has 4 saturated carbocycles. The van der Waals surface area contributed by atoms with Crippen molar-refractivity contribution in [2.24, 2.45) is 29.4 Å². The first-order valence-electron chi connectivity index (χ1n) is 7.75. The fourth-order valence-electron chi connectivity index (χ4n) is 4.71. The monoisotopic (exact) mass is 265 g/mol. The van der Waals surface area contributed by atoms with Gasteiger partial charge in [0.25, 0.3) is 0 Å². The van der Waals surface area contributed by atoms with Crippen molar-refractivity contribution in [1.29, 1.82) is 0 Å². The predicted octanol–water partition coefficient (Wildman–Crippen LogP) is 1.85. The number of hydrogen-bond donors (Lipinski definition) is 3. The largest absolute Gasteiger partial charge is 0.335 e. The predicted molar refractivity (Wildman–Crippen MR) is 75.6 cm³/mol. The van der Waals surface area contributed by atoms with Gasteiger partial charge in [-0.25, -0.2) is 4.79 Å². The summed E-state index contributed by atoms with van der Waals surface area (Å²) in [6.07, 6.45) is 6.78. The summed E-state index contributed by atoms with van der Waals surface area (Å²) in [5, 5.41) is 6.24. The highest BCUT2D eigenvalue weighted by molar-refractivity contribution is 5.75. The maximum atomic E-state index is 12.1. The van der Waals surface area contributed by atoms with Crippen LogP contribution < -0.4 is 16.4 Å². The van der Waals surface area contributed by atoms with E-state index in [0.29, 0.717) is 12.6 Å². The molecular formula is C15H27N3O. The lowest BCUT2D eigenvalue weighted by Gasteiger charge is -2.54. The second-order valence-electron chi connectivity index (χ2n) is 7.64. The van der Waals surface area contributed by atoms with Gasteiger partial charge in [0.2, 0.25) is 0 Å². The van der Waals surface area contributed by atoms with Gasteiger partial charge in [-0.15, -0.1) is 0 Å². The fraction of sp³-hybridized carbons (Fsp3) is 0.933. The molecule has 0 aromatic rings. The van der Waals surface area contributed by atoms with Crippen molar-refractivity contribution in [3.8, 4) is 0 Å². The number of nitrogens with one attached hydrogen (secondary N) is 2. The molecule has 4 bridgehead atoms. The number of carbonyl (C=O) groups is 1. The van der Waals surface area contributed by atoms with E-state index in [-0.39, 0.29) is 11.6 Å². The summed E-state index contributed by atoms with van der Waals surface area (Å²) in [6.45, 7) is 4.38. The third-order valence-corrected chi connectivity index (χ3v) is 5.49. The maximum Gasteiger partial charge on any atom is 0.315 e. The number of rotatable bonds is 3. The highest BCUT2D eigenvalue weighted by atomic mass is 16.2. The van der Waals surface area contributed by atoms with Crippen molar-refractivity contribution < 1.29 is 4.79 Å². The van der Waals surface area contributed by atoms with Gasteiger partial charge < -0.3 is 16.4 Å². The first-order valence-corrected chi connectivity index (χ1v) is 7.75.